The van der Waals surface area contributed by atoms with Crippen molar-refractivity contribution < 1.29 is 19.2 Å². The van der Waals surface area contributed by atoms with Crippen LogP contribution in [0, 0.1) is 0 Å². The zero-order valence-corrected chi connectivity index (χ0v) is 22.2. The van der Waals surface area contributed by atoms with Crippen LogP contribution < -0.4 is 16.0 Å². The molecule has 0 spiro atoms. The lowest BCUT2D eigenvalue weighted by Crippen LogP contribution is -2.24. The van der Waals surface area contributed by atoms with Crippen LogP contribution in [0.2, 0.25) is 0 Å². The molecule has 0 atom stereocenters. The van der Waals surface area contributed by atoms with Crippen LogP contribution in [0.3, 0.4) is 0 Å². The van der Waals surface area contributed by atoms with Gasteiger partial charge in [-0.25, -0.2) is 0 Å². The minimum Gasteiger partial charge on any atom is -0.356 e. The van der Waals surface area contributed by atoms with Crippen LogP contribution in [0.1, 0.15) is 48.2 Å². The van der Waals surface area contributed by atoms with Gasteiger partial charge in [0.05, 0.1) is 0 Å². The highest BCUT2D eigenvalue weighted by Crippen LogP contribution is 2.24. The Kier molecular flexibility index (Phi) is 14.5. The number of carbonyl (C=O) groups is 4. The van der Waals surface area contributed by atoms with E-state index in [4.69, 9.17) is 0 Å². The number of likely N-dealkylation sites (N-methyl/N-ethyl adjacent to an activating group) is 2. The molecule has 196 valence electrons. The number of hydrogen-bond acceptors (Lipinski definition) is 5. The van der Waals surface area contributed by atoms with Crippen LogP contribution in [0.4, 0.5) is 0 Å². The van der Waals surface area contributed by atoms with Crippen LogP contribution in [-0.2, 0) is 20.9 Å². The third kappa shape index (κ3) is 11.5. The summed E-state index contributed by atoms with van der Waals surface area (Å²) in [5.41, 5.74) is 2.71. The molecule has 0 radical (unpaired) electrons. The Labute approximate surface area is 219 Å². The third-order valence-electron chi connectivity index (χ3n) is 5.24. The van der Waals surface area contributed by atoms with Crippen molar-refractivity contribution in [3.05, 3.63) is 95.6 Å². The van der Waals surface area contributed by atoms with E-state index in [0.29, 0.717) is 17.0 Å². The van der Waals surface area contributed by atoms with E-state index in [1.807, 2.05) is 7.05 Å². The molecule has 3 rings (SSSR count). The van der Waals surface area contributed by atoms with E-state index in [0.717, 1.165) is 6.54 Å². The summed E-state index contributed by atoms with van der Waals surface area (Å²) in [4.78, 5) is 42.4. The SMILES string of the molecule is CC(=O)c1ccccc1CNC(=O)C=O.CC(C)c1cccc2ccccc12.CNC/C=C/C(=O)NC. The Morgan fingerprint density at radius 3 is 2.14 bits per heavy atom. The van der Waals surface area contributed by atoms with Gasteiger partial charge in [0.2, 0.25) is 12.2 Å². The number of nitrogens with one attached hydrogen (secondary N) is 3. The molecule has 3 aromatic carbocycles. The molecule has 0 fully saturated rings. The highest BCUT2D eigenvalue weighted by molar-refractivity contribution is 6.23. The van der Waals surface area contributed by atoms with Crippen molar-refractivity contribution in [3.63, 3.8) is 0 Å². The van der Waals surface area contributed by atoms with Crippen LogP contribution in [0.15, 0.2) is 78.9 Å². The summed E-state index contributed by atoms with van der Waals surface area (Å²) in [5.74, 6) is -0.212. The summed E-state index contributed by atoms with van der Waals surface area (Å²) in [6.45, 7) is 6.85. The predicted octanol–water partition coefficient (Wildman–Crippen LogP) is 4.18. The lowest BCUT2D eigenvalue weighted by atomic mass is 9.96. The van der Waals surface area contributed by atoms with Gasteiger partial charge in [-0.15, -0.1) is 0 Å². The first-order valence-corrected chi connectivity index (χ1v) is 12.1. The summed E-state index contributed by atoms with van der Waals surface area (Å²) >= 11 is 0. The van der Waals surface area contributed by atoms with Crippen LogP contribution in [0.5, 0.6) is 0 Å². The minimum atomic E-state index is -0.687. The van der Waals surface area contributed by atoms with Crippen molar-refractivity contribution in [2.75, 3.05) is 20.6 Å². The van der Waals surface area contributed by atoms with Gasteiger partial charge in [0.1, 0.15) is 0 Å². The number of ketones is 1. The number of amides is 2. The largest absolute Gasteiger partial charge is 0.356 e. The fraction of sp³-hybridized carbons (Fsp3) is 0.267. The number of carbonyl (C=O) groups excluding carboxylic acids is 4. The molecule has 2 amide bonds. The molecule has 0 aromatic heterocycles. The quantitative estimate of drug-likeness (QED) is 0.185. The summed E-state index contributed by atoms with van der Waals surface area (Å²) in [7, 11) is 3.43. The molecule has 0 heterocycles. The maximum Gasteiger partial charge on any atom is 0.284 e. The first-order chi connectivity index (χ1) is 17.7. The fourth-order valence-corrected chi connectivity index (χ4v) is 3.36. The number of rotatable bonds is 8. The molecule has 37 heavy (non-hydrogen) atoms. The Hall–Kier alpha value is -4.10. The average molecular weight is 504 g/mol. The lowest BCUT2D eigenvalue weighted by molar-refractivity contribution is -0.131. The van der Waals surface area contributed by atoms with Gasteiger partial charge >= 0.3 is 0 Å². The van der Waals surface area contributed by atoms with Crippen molar-refractivity contribution >= 4 is 34.7 Å². The van der Waals surface area contributed by atoms with Crippen molar-refractivity contribution in [2.45, 2.75) is 33.2 Å². The van der Waals surface area contributed by atoms with E-state index in [2.05, 4.69) is 72.3 Å². The molecule has 0 bridgehead atoms. The van der Waals surface area contributed by atoms with E-state index in [1.54, 1.807) is 37.4 Å². The number of benzene rings is 3. The van der Waals surface area contributed by atoms with E-state index in [1.165, 1.54) is 29.3 Å². The first kappa shape index (κ1) is 30.9. The van der Waals surface area contributed by atoms with Gasteiger partial charge in [0, 0.05) is 31.8 Å². The molecule has 0 aliphatic rings. The van der Waals surface area contributed by atoms with Crippen molar-refractivity contribution in [2.24, 2.45) is 0 Å². The molecule has 7 heteroatoms. The maximum atomic E-state index is 11.2. The van der Waals surface area contributed by atoms with Gasteiger partial charge in [-0.05, 0) is 41.8 Å². The Morgan fingerprint density at radius 1 is 0.865 bits per heavy atom. The van der Waals surface area contributed by atoms with E-state index in [-0.39, 0.29) is 24.5 Å². The molecule has 0 saturated carbocycles. The normalized spacial score (nSPS) is 10.1. The lowest BCUT2D eigenvalue weighted by Gasteiger charge is -2.08. The molecule has 0 aliphatic carbocycles. The maximum absolute atomic E-state index is 11.2. The highest BCUT2D eigenvalue weighted by Gasteiger charge is 2.07. The summed E-state index contributed by atoms with van der Waals surface area (Å²) in [6.07, 6.45) is 3.46. The minimum absolute atomic E-state index is 0.0639. The van der Waals surface area contributed by atoms with Crippen LogP contribution in [-0.4, -0.2) is 44.5 Å². The standard InChI is InChI=1S/C13H14.C11H11NO3.C6H12N2O/c1-10(2)12-9-5-7-11-6-3-4-8-13(11)12;1-8(14)10-5-3-2-4-9(10)6-12-11(15)7-13;1-7-5-3-4-6(9)8-2/h3-10H,1-2H3;2-5,7H,6H2,1H3,(H,12,15);3-4,7H,5H2,1-2H3,(H,8,9)/b;;4-3+. The number of fused-ring (bicyclic) bond motifs is 1. The molecule has 3 N–H and O–H groups in total. The van der Waals surface area contributed by atoms with Gasteiger partial charge < -0.3 is 16.0 Å². The van der Waals surface area contributed by atoms with E-state index >= 15 is 0 Å². The zero-order chi connectivity index (χ0) is 27.6. The smallest absolute Gasteiger partial charge is 0.284 e. The Bertz CT molecular complexity index is 1200. The van der Waals surface area contributed by atoms with Crippen molar-refractivity contribution in [1.29, 1.82) is 0 Å². The molecule has 7 nitrogen and oxygen atoms in total. The Morgan fingerprint density at radius 2 is 1.51 bits per heavy atom. The molecular weight excluding hydrogens is 466 g/mol. The van der Waals surface area contributed by atoms with Gasteiger partial charge in [-0.1, -0.05) is 86.7 Å². The second-order valence-electron chi connectivity index (χ2n) is 8.35. The zero-order valence-electron chi connectivity index (χ0n) is 22.2. The monoisotopic (exact) mass is 503 g/mol. The highest BCUT2D eigenvalue weighted by atomic mass is 16.2. The number of aldehydes is 1. The fourth-order valence-electron chi connectivity index (χ4n) is 3.36. The second kappa shape index (κ2) is 17.3. The van der Waals surface area contributed by atoms with E-state index in [9.17, 15) is 19.2 Å². The van der Waals surface area contributed by atoms with Crippen molar-refractivity contribution in [3.8, 4) is 0 Å². The molecule has 3 aromatic rings. The van der Waals surface area contributed by atoms with Crippen LogP contribution >= 0.6 is 0 Å². The van der Waals surface area contributed by atoms with Gasteiger partial charge in [0.15, 0.2) is 5.78 Å². The first-order valence-electron chi connectivity index (χ1n) is 12.1. The molecule has 0 unspecified atom stereocenters. The van der Waals surface area contributed by atoms with Crippen LogP contribution in [0.25, 0.3) is 10.8 Å². The number of Topliss-reactive ketones (excluding diaryl/α,β-unsaturated/α-hetero) is 1. The second-order valence-corrected chi connectivity index (χ2v) is 8.35. The molecular formula is C30H37N3O4. The van der Waals surface area contributed by atoms with Gasteiger partial charge in [-0.3, -0.25) is 19.2 Å². The summed E-state index contributed by atoms with van der Waals surface area (Å²) in [6, 6.07) is 22.0. The summed E-state index contributed by atoms with van der Waals surface area (Å²) < 4.78 is 0. The predicted molar refractivity (Wildman–Crippen MR) is 150 cm³/mol. The number of hydrogen-bond donors (Lipinski definition) is 3. The van der Waals surface area contributed by atoms with E-state index < -0.39 is 5.91 Å². The summed E-state index contributed by atoms with van der Waals surface area (Å²) in [5, 5.41) is 10.5. The molecule has 0 aliphatic heterocycles. The Balaban J connectivity index is 0.000000287. The van der Waals surface area contributed by atoms with Crippen molar-refractivity contribution in [1.82, 2.24) is 16.0 Å². The topological polar surface area (TPSA) is 104 Å². The third-order valence-corrected chi connectivity index (χ3v) is 5.24. The van der Waals surface area contributed by atoms with Gasteiger partial charge in [0.25, 0.3) is 5.91 Å². The average Bonchev–Trinajstić information content (AvgIpc) is 2.92. The van der Waals surface area contributed by atoms with Gasteiger partial charge in [-0.2, -0.15) is 0 Å². The molecule has 0 saturated heterocycles.